The standard InChI is InChI=1S/C15H13N3O7S/c19-12(16-5-4-13(20)21)8-17-14(22)11(26-15(17)23)7-9-2-1-3-10(6-9)18(24)25/h1-3,6-7H,4-5,8H2,(H,16,19)(H,20,21)/b11-7-. The maximum absolute atomic E-state index is 12.3. The van der Waals surface area contributed by atoms with Gasteiger partial charge in [0.2, 0.25) is 5.91 Å². The molecule has 1 aliphatic rings. The fourth-order valence-electron chi connectivity index (χ4n) is 2.02. The first-order chi connectivity index (χ1) is 12.3. The van der Waals surface area contributed by atoms with Crippen LogP contribution in [0.2, 0.25) is 0 Å². The highest BCUT2D eigenvalue weighted by molar-refractivity contribution is 8.18. The lowest BCUT2D eigenvalue weighted by Crippen LogP contribution is -2.40. The Morgan fingerprint density at radius 3 is 2.73 bits per heavy atom. The van der Waals surface area contributed by atoms with Crippen LogP contribution < -0.4 is 5.32 Å². The number of carbonyl (C=O) groups excluding carboxylic acids is 3. The van der Waals surface area contributed by atoms with E-state index in [-0.39, 0.29) is 23.6 Å². The molecule has 1 saturated heterocycles. The summed E-state index contributed by atoms with van der Waals surface area (Å²) in [5.74, 6) is -2.44. The largest absolute Gasteiger partial charge is 0.481 e. The number of imide groups is 1. The van der Waals surface area contributed by atoms with Crippen LogP contribution in [0.25, 0.3) is 6.08 Å². The van der Waals surface area contributed by atoms with Gasteiger partial charge in [0.15, 0.2) is 0 Å². The molecule has 1 aromatic carbocycles. The molecular formula is C15H13N3O7S. The summed E-state index contributed by atoms with van der Waals surface area (Å²) < 4.78 is 0. The number of hydrogen-bond acceptors (Lipinski definition) is 7. The van der Waals surface area contributed by atoms with Gasteiger partial charge in [-0.25, -0.2) is 0 Å². The average molecular weight is 379 g/mol. The number of nitrogens with one attached hydrogen (secondary N) is 1. The predicted molar refractivity (Wildman–Crippen MR) is 91.0 cm³/mol. The maximum Gasteiger partial charge on any atom is 0.305 e. The minimum atomic E-state index is -1.09. The minimum absolute atomic E-state index is 0.0360. The fourth-order valence-corrected chi connectivity index (χ4v) is 2.86. The molecule has 10 nitrogen and oxygen atoms in total. The second kappa shape index (κ2) is 8.25. The quantitative estimate of drug-likeness (QED) is 0.408. The number of benzene rings is 1. The lowest BCUT2D eigenvalue weighted by atomic mass is 10.2. The van der Waals surface area contributed by atoms with Crippen LogP contribution >= 0.6 is 11.8 Å². The summed E-state index contributed by atoms with van der Waals surface area (Å²) in [5.41, 5.74) is 0.214. The monoisotopic (exact) mass is 379 g/mol. The number of carbonyl (C=O) groups is 4. The first-order valence-corrected chi connectivity index (χ1v) is 8.08. The predicted octanol–water partition coefficient (Wildman–Crippen LogP) is 1.22. The van der Waals surface area contributed by atoms with E-state index in [4.69, 9.17) is 5.11 Å². The van der Waals surface area contributed by atoms with Gasteiger partial charge in [0, 0.05) is 18.7 Å². The average Bonchev–Trinajstić information content (AvgIpc) is 2.82. The summed E-state index contributed by atoms with van der Waals surface area (Å²) in [6, 6.07) is 5.54. The van der Waals surface area contributed by atoms with Gasteiger partial charge in [-0.05, 0) is 23.4 Å². The van der Waals surface area contributed by atoms with Gasteiger partial charge in [0.1, 0.15) is 6.54 Å². The summed E-state index contributed by atoms with van der Waals surface area (Å²) in [7, 11) is 0. The molecule has 0 aromatic heterocycles. The first kappa shape index (κ1) is 19.1. The first-order valence-electron chi connectivity index (χ1n) is 7.26. The maximum atomic E-state index is 12.3. The van der Waals surface area contributed by atoms with Crippen LogP contribution in [0.3, 0.4) is 0 Å². The highest BCUT2D eigenvalue weighted by atomic mass is 32.2. The van der Waals surface area contributed by atoms with Crippen molar-refractivity contribution in [1.29, 1.82) is 0 Å². The topological polar surface area (TPSA) is 147 Å². The molecule has 2 N–H and O–H groups in total. The van der Waals surface area contributed by atoms with Gasteiger partial charge in [-0.15, -0.1) is 0 Å². The third-order valence-corrected chi connectivity index (χ3v) is 4.12. The number of amides is 3. The van der Waals surface area contributed by atoms with Gasteiger partial charge < -0.3 is 10.4 Å². The van der Waals surface area contributed by atoms with Crippen LogP contribution in [0.4, 0.5) is 10.5 Å². The Labute approximate surface area is 151 Å². The van der Waals surface area contributed by atoms with E-state index in [1.165, 1.54) is 24.3 Å². The van der Waals surface area contributed by atoms with Gasteiger partial charge in [-0.3, -0.25) is 34.2 Å². The molecule has 0 bridgehead atoms. The van der Waals surface area contributed by atoms with Crippen molar-refractivity contribution < 1.29 is 29.2 Å². The van der Waals surface area contributed by atoms with E-state index < -0.39 is 34.5 Å². The van der Waals surface area contributed by atoms with Crippen LogP contribution in [-0.4, -0.2) is 51.0 Å². The fraction of sp³-hybridized carbons (Fsp3) is 0.200. The Balaban J connectivity index is 2.06. The third kappa shape index (κ3) is 4.89. The van der Waals surface area contributed by atoms with Crippen LogP contribution in [-0.2, 0) is 14.4 Å². The number of rotatable bonds is 7. The van der Waals surface area contributed by atoms with E-state index in [0.29, 0.717) is 17.3 Å². The number of carboxylic acids is 1. The van der Waals surface area contributed by atoms with Crippen molar-refractivity contribution in [2.24, 2.45) is 0 Å². The summed E-state index contributed by atoms with van der Waals surface area (Å²) >= 11 is 0.616. The Bertz CT molecular complexity index is 821. The Kier molecular flexibility index (Phi) is 6.07. The van der Waals surface area contributed by atoms with Crippen LogP contribution in [0.5, 0.6) is 0 Å². The van der Waals surface area contributed by atoms with Crippen LogP contribution in [0, 0.1) is 10.1 Å². The molecule has 0 aliphatic carbocycles. The van der Waals surface area contributed by atoms with E-state index in [2.05, 4.69) is 5.32 Å². The van der Waals surface area contributed by atoms with Crippen molar-refractivity contribution in [3.05, 3.63) is 44.8 Å². The zero-order valence-corrected chi connectivity index (χ0v) is 14.0. The normalized spacial score (nSPS) is 15.4. The number of carboxylic acid groups (broad SMARTS) is 1. The number of nitro benzene ring substituents is 1. The van der Waals surface area contributed by atoms with E-state index in [1.54, 1.807) is 6.07 Å². The lowest BCUT2D eigenvalue weighted by Gasteiger charge is -2.11. The molecule has 2 rings (SSSR count). The van der Waals surface area contributed by atoms with Crippen LogP contribution in [0.1, 0.15) is 12.0 Å². The van der Waals surface area contributed by atoms with E-state index >= 15 is 0 Å². The molecule has 0 saturated carbocycles. The molecule has 1 heterocycles. The smallest absolute Gasteiger partial charge is 0.305 e. The zero-order chi connectivity index (χ0) is 19.3. The molecule has 0 atom stereocenters. The van der Waals surface area contributed by atoms with Crippen molar-refractivity contribution in [2.75, 3.05) is 13.1 Å². The molecule has 1 aromatic rings. The Morgan fingerprint density at radius 1 is 1.35 bits per heavy atom. The van der Waals surface area contributed by atoms with Crippen molar-refractivity contribution >= 4 is 46.5 Å². The highest BCUT2D eigenvalue weighted by Gasteiger charge is 2.36. The molecule has 0 radical (unpaired) electrons. The van der Waals surface area contributed by atoms with Gasteiger partial charge in [-0.1, -0.05) is 12.1 Å². The molecule has 136 valence electrons. The summed E-state index contributed by atoms with van der Waals surface area (Å²) in [6.07, 6.45) is 1.06. The SMILES string of the molecule is O=C(O)CCNC(=O)CN1C(=O)S/C(=C\c2cccc([N+](=O)[O-])c2)C1=O. The van der Waals surface area contributed by atoms with Crippen molar-refractivity contribution in [2.45, 2.75) is 6.42 Å². The van der Waals surface area contributed by atoms with Gasteiger partial charge in [0.25, 0.3) is 16.8 Å². The molecule has 3 amide bonds. The zero-order valence-electron chi connectivity index (χ0n) is 13.2. The summed E-state index contributed by atoms with van der Waals surface area (Å²) in [6.45, 7) is -0.648. The van der Waals surface area contributed by atoms with E-state index in [1.807, 2.05) is 0 Å². The van der Waals surface area contributed by atoms with E-state index in [9.17, 15) is 29.3 Å². The minimum Gasteiger partial charge on any atom is -0.481 e. The molecule has 11 heteroatoms. The third-order valence-electron chi connectivity index (χ3n) is 3.22. The van der Waals surface area contributed by atoms with Crippen LogP contribution in [0.15, 0.2) is 29.2 Å². The molecule has 26 heavy (non-hydrogen) atoms. The molecule has 1 fully saturated rings. The highest BCUT2D eigenvalue weighted by Crippen LogP contribution is 2.32. The summed E-state index contributed by atoms with van der Waals surface area (Å²) in [5, 5.41) is 20.9. The number of nitrogens with zero attached hydrogens (tertiary/aromatic N) is 2. The summed E-state index contributed by atoms with van der Waals surface area (Å²) in [4.78, 5) is 57.2. The number of nitro groups is 1. The number of thioether (sulfide) groups is 1. The molecule has 0 spiro atoms. The van der Waals surface area contributed by atoms with Crippen molar-refractivity contribution in [3.8, 4) is 0 Å². The molecular weight excluding hydrogens is 366 g/mol. The lowest BCUT2D eigenvalue weighted by molar-refractivity contribution is -0.384. The van der Waals surface area contributed by atoms with Gasteiger partial charge >= 0.3 is 5.97 Å². The molecule has 1 aliphatic heterocycles. The Hall–Kier alpha value is -3.21. The second-order valence-corrected chi connectivity index (χ2v) is 6.11. The van der Waals surface area contributed by atoms with Crippen molar-refractivity contribution in [1.82, 2.24) is 10.2 Å². The number of non-ortho nitro benzene ring substituents is 1. The second-order valence-electron chi connectivity index (χ2n) is 5.11. The molecule has 0 unspecified atom stereocenters. The number of aliphatic carboxylic acids is 1. The Morgan fingerprint density at radius 2 is 2.08 bits per heavy atom. The number of hydrogen-bond donors (Lipinski definition) is 2. The van der Waals surface area contributed by atoms with Crippen molar-refractivity contribution in [3.63, 3.8) is 0 Å². The van der Waals surface area contributed by atoms with Gasteiger partial charge in [-0.2, -0.15) is 0 Å². The van der Waals surface area contributed by atoms with E-state index in [0.717, 1.165) is 4.90 Å². The van der Waals surface area contributed by atoms with Gasteiger partial charge in [0.05, 0.1) is 16.2 Å².